The smallest absolute Gasteiger partial charge is 0.378 e. The average molecular weight is 838 g/mol. The van der Waals surface area contributed by atoms with Crippen molar-refractivity contribution in [3.05, 3.63) is 105 Å². The Hall–Kier alpha value is -4.63. The van der Waals surface area contributed by atoms with Crippen LogP contribution < -0.4 is 10.6 Å². The van der Waals surface area contributed by atoms with E-state index in [4.69, 9.17) is 0 Å². The summed E-state index contributed by atoms with van der Waals surface area (Å²) in [5.41, 5.74) is -2.32. The number of pyridine rings is 1. The molecule has 52 heavy (non-hydrogen) atoms. The first kappa shape index (κ1) is 35.8. The van der Waals surface area contributed by atoms with E-state index in [1.54, 1.807) is 24.3 Å². The molecule has 0 radical (unpaired) electrons. The molecule has 7 rings (SSSR count). The van der Waals surface area contributed by atoms with Gasteiger partial charge < -0.3 is 15.7 Å². The van der Waals surface area contributed by atoms with Gasteiger partial charge in [0.05, 0.1) is 17.7 Å². The van der Waals surface area contributed by atoms with Crippen LogP contribution in [-0.4, -0.2) is 41.3 Å². The van der Waals surface area contributed by atoms with Gasteiger partial charge in [-0.05, 0) is 77.2 Å². The summed E-state index contributed by atoms with van der Waals surface area (Å²) in [5, 5.41) is 19.1. The number of nitrogens with one attached hydrogen (secondary N) is 2. The minimum absolute atomic E-state index is 0.0561. The minimum atomic E-state index is -5.05. The predicted octanol–water partition coefficient (Wildman–Crippen LogP) is 6.26. The molecule has 2 amide bonds. The van der Waals surface area contributed by atoms with Crippen LogP contribution in [0.3, 0.4) is 0 Å². The standard InChI is InChI=1S/C36H27F7IN5O3/c1-34(2,52)9-8-20-6-7-22(21-4-3-5-23-24(21)15-45-33(23)51)30(46-20)26(12-17-10-18(37)13-19(38)11-17)47-27(50)16-49-32-28(31(48-49)36(41,42)43)29-25(14-44-29)35(32,39)40/h3-7,10-11,13-14,25-26,29,52H,12,15-16H2,1-2H3,(H,45,51)(H,47,50)/t25-,26+,29+/m1/s1. The molecule has 4 aromatic rings. The molecular weight excluding hydrogens is 810 g/mol. The molecule has 2 aromatic heterocycles. The third kappa shape index (κ3) is 6.60. The van der Waals surface area contributed by atoms with Crippen molar-refractivity contribution < 1.29 is 45.4 Å². The first-order chi connectivity index (χ1) is 24.4. The van der Waals surface area contributed by atoms with Crippen molar-refractivity contribution in [2.45, 2.75) is 61.0 Å². The summed E-state index contributed by atoms with van der Waals surface area (Å²) in [6, 6.07) is 9.49. The van der Waals surface area contributed by atoms with E-state index in [9.17, 15) is 36.6 Å². The van der Waals surface area contributed by atoms with Gasteiger partial charge in [0.25, 0.3) is 11.8 Å². The van der Waals surface area contributed by atoms with Crippen molar-refractivity contribution in [3.63, 3.8) is 0 Å². The fraction of sp³-hybridized carbons (Fsp3) is 0.306. The fourth-order valence-corrected chi connectivity index (χ4v) is 9.71. The van der Waals surface area contributed by atoms with Crippen LogP contribution in [0.1, 0.15) is 73.6 Å². The first-order valence-electron chi connectivity index (χ1n) is 15.8. The molecule has 1 aliphatic carbocycles. The van der Waals surface area contributed by atoms with Gasteiger partial charge in [0.1, 0.15) is 35.2 Å². The van der Waals surface area contributed by atoms with Crippen LogP contribution in [0.25, 0.3) is 11.1 Å². The molecule has 16 heteroatoms. The van der Waals surface area contributed by atoms with Crippen molar-refractivity contribution in [3.8, 4) is 23.0 Å². The molecule has 0 fully saturated rings. The Balaban J connectivity index is 1.34. The van der Waals surface area contributed by atoms with Gasteiger partial charge in [0, 0.05) is 33.2 Å². The highest BCUT2D eigenvalue weighted by molar-refractivity contribution is 14.2. The lowest BCUT2D eigenvalue weighted by atomic mass is 9.91. The number of aliphatic hydroxyl groups is 1. The number of hydrogen-bond donors (Lipinski definition) is 3. The maximum atomic E-state index is 15.5. The molecule has 0 bridgehead atoms. The second-order valence-electron chi connectivity index (χ2n) is 13.1. The van der Waals surface area contributed by atoms with Crippen molar-refractivity contribution in [2.24, 2.45) is 5.92 Å². The van der Waals surface area contributed by atoms with E-state index in [1.807, 2.05) is 0 Å². The van der Waals surface area contributed by atoms with Gasteiger partial charge in [0.15, 0.2) is 5.69 Å². The van der Waals surface area contributed by atoms with Gasteiger partial charge in [-0.2, -0.15) is 27.1 Å². The largest absolute Gasteiger partial charge is 0.435 e. The molecule has 4 heterocycles. The Bertz CT molecular complexity index is 2230. The Labute approximate surface area is 301 Å². The maximum absolute atomic E-state index is 15.5. The molecule has 0 saturated heterocycles. The molecule has 270 valence electrons. The number of nitrogens with zero attached hydrogens (tertiary/aromatic N) is 3. The van der Waals surface area contributed by atoms with Gasteiger partial charge in [-0.1, -0.05) is 18.1 Å². The Kier molecular flexibility index (Phi) is 8.80. The van der Waals surface area contributed by atoms with Crippen LogP contribution in [0, 0.1) is 29.4 Å². The summed E-state index contributed by atoms with van der Waals surface area (Å²) in [6.07, 6.45) is -5.37. The summed E-state index contributed by atoms with van der Waals surface area (Å²) in [7, 11) is 0. The number of benzene rings is 2. The number of alkyl halides is 6. The van der Waals surface area contributed by atoms with Crippen LogP contribution in [-0.2, 0) is 36.4 Å². The third-order valence-corrected chi connectivity index (χ3v) is 12.2. The number of carbonyl (C=O) groups excluding carboxylic acids is 2. The molecule has 0 saturated carbocycles. The highest BCUT2D eigenvalue weighted by atomic mass is 127. The zero-order chi connectivity index (χ0) is 37.3. The number of amides is 2. The summed E-state index contributed by atoms with van der Waals surface area (Å²) >= 11 is -1.08. The maximum Gasteiger partial charge on any atom is 0.435 e. The molecule has 0 unspecified atom stereocenters. The van der Waals surface area contributed by atoms with Crippen LogP contribution in [0.4, 0.5) is 30.7 Å². The number of rotatable bonds is 7. The lowest BCUT2D eigenvalue weighted by Gasteiger charge is -2.27. The molecule has 8 nitrogen and oxygen atoms in total. The van der Waals surface area contributed by atoms with E-state index in [0.29, 0.717) is 33.0 Å². The summed E-state index contributed by atoms with van der Waals surface area (Å²) in [6.45, 7) is 2.00. The number of halogens is 8. The highest BCUT2D eigenvalue weighted by Crippen LogP contribution is 2.63. The van der Waals surface area contributed by atoms with E-state index in [0.717, 1.165) is 12.1 Å². The number of aromatic nitrogens is 3. The molecular formula is C36H27F7IN5O3. The monoisotopic (exact) mass is 837 g/mol. The zero-order valence-electron chi connectivity index (χ0n) is 27.2. The number of fused-ring (bicyclic) bond motifs is 4. The van der Waals surface area contributed by atoms with Crippen LogP contribution in [0.15, 0.2) is 48.5 Å². The van der Waals surface area contributed by atoms with Gasteiger partial charge in [0.2, 0.25) is 5.91 Å². The summed E-state index contributed by atoms with van der Waals surface area (Å²) < 4.78 is 103. The average Bonchev–Trinajstić information content (AvgIpc) is 3.63. The van der Waals surface area contributed by atoms with Gasteiger partial charge in [-0.3, -0.25) is 14.3 Å². The summed E-state index contributed by atoms with van der Waals surface area (Å²) in [4.78, 5) is 31.0. The van der Waals surface area contributed by atoms with Crippen molar-refractivity contribution in [1.82, 2.24) is 25.4 Å². The molecule has 2 aliphatic heterocycles. The molecule has 3 atom stereocenters. The topological polar surface area (TPSA) is 109 Å². The van der Waals surface area contributed by atoms with E-state index < -0.39 is 95.4 Å². The predicted molar refractivity (Wildman–Crippen MR) is 182 cm³/mol. The van der Waals surface area contributed by atoms with Crippen LogP contribution >= 0.6 is 20.7 Å². The molecule has 0 spiro atoms. The molecule has 2 aromatic carbocycles. The van der Waals surface area contributed by atoms with Gasteiger partial charge in [-0.15, -0.1) is 20.7 Å². The third-order valence-electron chi connectivity index (χ3n) is 8.81. The van der Waals surface area contributed by atoms with Gasteiger partial charge in [-0.25, -0.2) is 13.8 Å². The molecule has 3 aliphatic rings. The van der Waals surface area contributed by atoms with E-state index >= 15 is 8.78 Å². The van der Waals surface area contributed by atoms with E-state index in [-0.39, 0.29) is 35.8 Å². The first-order valence-corrected chi connectivity index (χ1v) is 18.3. The normalized spacial score (nSPS) is 18.9. The molecule has 3 N–H and O–H groups in total. The SMILES string of the molecule is CC(C)(O)C#Cc1ccc(-c2cccc3c2CNC3=O)c([C@H](Cc2cc(F)cc(F)c2)NC(=O)Cn2nc(C(F)(F)F)c3c2C(F)(F)[C@@H]2C=I[C@H]32)n1. The second kappa shape index (κ2) is 12.8. The lowest BCUT2D eigenvalue weighted by molar-refractivity contribution is -0.142. The Morgan fingerprint density at radius 1 is 1.12 bits per heavy atom. The van der Waals surface area contributed by atoms with Crippen molar-refractivity contribution in [1.29, 1.82) is 0 Å². The lowest BCUT2D eigenvalue weighted by Crippen LogP contribution is -2.36. The zero-order valence-corrected chi connectivity index (χ0v) is 29.3. The number of hydrogen-bond acceptors (Lipinski definition) is 5. The Morgan fingerprint density at radius 2 is 1.83 bits per heavy atom. The fourth-order valence-electron chi connectivity index (χ4n) is 6.61. The van der Waals surface area contributed by atoms with E-state index in [1.165, 1.54) is 23.9 Å². The number of carbonyl (C=O) groups is 2. The van der Waals surface area contributed by atoms with Crippen LogP contribution in [0.5, 0.6) is 0 Å². The van der Waals surface area contributed by atoms with Crippen LogP contribution in [0.2, 0.25) is 0 Å². The van der Waals surface area contributed by atoms with E-state index in [2.05, 4.69) is 32.6 Å². The van der Waals surface area contributed by atoms with Crippen molar-refractivity contribution in [2.75, 3.05) is 0 Å². The Morgan fingerprint density at radius 3 is 2.48 bits per heavy atom. The highest BCUT2D eigenvalue weighted by Gasteiger charge is 2.62. The van der Waals surface area contributed by atoms with Gasteiger partial charge >= 0.3 is 6.18 Å². The quantitative estimate of drug-likeness (QED) is 0.0883. The summed E-state index contributed by atoms with van der Waals surface area (Å²) in [5.74, 6) is -2.92. The van der Waals surface area contributed by atoms with Crippen molar-refractivity contribution >= 4 is 36.6 Å². The minimum Gasteiger partial charge on any atom is -0.378 e. The second-order valence-corrected chi connectivity index (χ2v) is 15.9.